The monoisotopic (exact) mass is 620 g/mol. The Kier molecular flexibility index (Phi) is 8.84. The van der Waals surface area contributed by atoms with Crippen LogP contribution in [0.5, 0.6) is 17.2 Å². The van der Waals surface area contributed by atoms with E-state index in [1.165, 1.54) is 31.2 Å². The number of fused-ring (bicyclic) bond motifs is 1. The van der Waals surface area contributed by atoms with Crippen molar-refractivity contribution < 1.29 is 69.0 Å². The molecular formula is C29H32O15. The van der Waals surface area contributed by atoms with Crippen molar-refractivity contribution in [3.63, 3.8) is 0 Å². The Balaban J connectivity index is 1.59. The highest BCUT2D eigenvalue weighted by molar-refractivity contribution is 5.88. The summed E-state index contributed by atoms with van der Waals surface area (Å²) in [6, 6.07) is 7.81. The number of aliphatic hydroxyl groups is 5. The van der Waals surface area contributed by atoms with Crippen LogP contribution in [0.4, 0.5) is 0 Å². The van der Waals surface area contributed by atoms with Crippen LogP contribution in [0.25, 0.3) is 22.3 Å². The largest absolute Gasteiger partial charge is 0.508 e. The van der Waals surface area contributed by atoms with E-state index in [0.717, 1.165) is 19.1 Å². The summed E-state index contributed by atoms with van der Waals surface area (Å²) in [4.78, 5) is 25.0. The molecule has 0 saturated carbocycles. The predicted octanol–water partition coefficient (Wildman–Crippen LogP) is -0.486. The molecule has 5 rings (SSSR count). The van der Waals surface area contributed by atoms with Gasteiger partial charge < -0.3 is 64.2 Å². The second-order valence-corrected chi connectivity index (χ2v) is 10.7. The van der Waals surface area contributed by atoms with Gasteiger partial charge in [-0.05, 0) is 31.2 Å². The van der Waals surface area contributed by atoms with Crippen LogP contribution >= 0.6 is 0 Å². The standard InChI is InChI=1S/C29H32O15/c1-10-21(35)24(38)28(41-11(2)31)29(40-10)44-27-25(39)22(36)18(9-30)43-26(27)20-15(34)8-17-19(23(20)37)14(33)7-16(42-17)12-3-5-13(32)6-4-12/h3-8,10,18,21-22,24-30,32,34-39H,9H2,1-2H3. The first-order valence-electron chi connectivity index (χ1n) is 13.6. The van der Waals surface area contributed by atoms with Crippen LogP contribution in [0.1, 0.15) is 25.5 Å². The molecule has 2 aromatic carbocycles. The highest BCUT2D eigenvalue weighted by atomic mass is 16.7. The summed E-state index contributed by atoms with van der Waals surface area (Å²) < 4.78 is 28.1. The van der Waals surface area contributed by atoms with Gasteiger partial charge in [0.1, 0.15) is 76.7 Å². The first-order chi connectivity index (χ1) is 20.8. The molecule has 15 heteroatoms. The molecule has 10 unspecified atom stereocenters. The lowest BCUT2D eigenvalue weighted by Crippen LogP contribution is -2.62. The van der Waals surface area contributed by atoms with E-state index in [1.807, 2.05) is 0 Å². The molecule has 2 fully saturated rings. The molecule has 15 nitrogen and oxygen atoms in total. The van der Waals surface area contributed by atoms with E-state index < -0.39 is 96.3 Å². The van der Waals surface area contributed by atoms with Gasteiger partial charge in [0.25, 0.3) is 0 Å². The number of ether oxygens (including phenoxy) is 4. The van der Waals surface area contributed by atoms with E-state index >= 15 is 0 Å². The van der Waals surface area contributed by atoms with Crippen LogP contribution in [0.3, 0.4) is 0 Å². The SMILES string of the molecule is CC(=O)OC1C(OC2C(c3c(O)cc4oc(-c5ccc(O)cc5)cc(=O)c4c3O)OC(CO)C(O)C2O)OC(C)C(O)C1O. The van der Waals surface area contributed by atoms with Crippen LogP contribution in [0.2, 0.25) is 0 Å². The third kappa shape index (κ3) is 5.71. The number of aliphatic hydroxyl groups excluding tert-OH is 5. The van der Waals surface area contributed by atoms with Gasteiger partial charge in [0, 0.05) is 24.6 Å². The fraction of sp³-hybridized carbons (Fsp3) is 0.448. The molecule has 8 N–H and O–H groups in total. The number of carbonyl (C=O) groups excluding carboxylic acids is 1. The topological polar surface area (TPSA) is 246 Å². The second-order valence-electron chi connectivity index (χ2n) is 10.7. The average Bonchev–Trinajstić information content (AvgIpc) is 2.97. The zero-order valence-corrected chi connectivity index (χ0v) is 23.4. The Labute approximate surface area is 248 Å². The van der Waals surface area contributed by atoms with Crippen LogP contribution < -0.4 is 5.43 Å². The molecule has 0 aliphatic carbocycles. The summed E-state index contributed by atoms with van der Waals surface area (Å²) in [7, 11) is 0. The number of benzene rings is 2. The highest BCUT2D eigenvalue weighted by Gasteiger charge is 2.52. The molecule has 3 aromatic rings. The van der Waals surface area contributed by atoms with E-state index in [-0.39, 0.29) is 22.5 Å². The van der Waals surface area contributed by atoms with Crippen LogP contribution in [-0.4, -0.2) is 109 Å². The van der Waals surface area contributed by atoms with Gasteiger partial charge in [-0.2, -0.15) is 0 Å². The average molecular weight is 621 g/mol. The van der Waals surface area contributed by atoms with Crippen LogP contribution in [-0.2, 0) is 23.7 Å². The van der Waals surface area contributed by atoms with Crippen molar-refractivity contribution in [3.05, 3.63) is 52.2 Å². The third-order valence-electron chi connectivity index (χ3n) is 7.69. The van der Waals surface area contributed by atoms with E-state index in [0.29, 0.717) is 5.56 Å². The molecule has 0 radical (unpaired) electrons. The number of phenolic OH excluding ortho intramolecular Hbond substituents is 3. The van der Waals surface area contributed by atoms with Crippen molar-refractivity contribution in [3.8, 4) is 28.6 Å². The maximum absolute atomic E-state index is 13.2. The maximum Gasteiger partial charge on any atom is 0.303 e. The maximum atomic E-state index is 13.2. The molecule has 2 aliphatic rings. The van der Waals surface area contributed by atoms with Gasteiger partial charge in [-0.3, -0.25) is 9.59 Å². The lowest BCUT2D eigenvalue weighted by atomic mass is 9.89. The van der Waals surface area contributed by atoms with Crippen molar-refractivity contribution in [1.29, 1.82) is 0 Å². The van der Waals surface area contributed by atoms with Crippen molar-refractivity contribution in [2.45, 2.75) is 75.1 Å². The minimum Gasteiger partial charge on any atom is -0.508 e. The van der Waals surface area contributed by atoms with E-state index in [2.05, 4.69) is 0 Å². The highest BCUT2D eigenvalue weighted by Crippen LogP contribution is 2.46. The summed E-state index contributed by atoms with van der Waals surface area (Å²) >= 11 is 0. The summed E-state index contributed by atoms with van der Waals surface area (Å²) in [6.45, 7) is 1.62. The van der Waals surface area contributed by atoms with E-state index in [4.69, 9.17) is 23.4 Å². The lowest BCUT2D eigenvalue weighted by molar-refractivity contribution is -0.339. The third-order valence-corrected chi connectivity index (χ3v) is 7.69. The van der Waals surface area contributed by atoms with Crippen molar-refractivity contribution in [2.75, 3.05) is 6.61 Å². The Hall–Kier alpha value is -3.80. The zero-order valence-electron chi connectivity index (χ0n) is 23.4. The van der Waals surface area contributed by atoms with Crippen LogP contribution in [0.15, 0.2) is 45.6 Å². The quantitative estimate of drug-likeness (QED) is 0.162. The van der Waals surface area contributed by atoms with Gasteiger partial charge in [-0.1, -0.05) is 0 Å². The fourth-order valence-corrected chi connectivity index (χ4v) is 5.41. The summed E-state index contributed by atoms with van der Waals surface area (Å²) in [6.07, 6.45) is -16.1. The number of hydrogen-bond donors (Lipinski definition) is 8. The zero-order chi connectivity index (χ0) is 32.0. The van der Waals surface area contributed by atoms with Crippen molar-refractivity contribution in [1.82, 2.24) is 0 Å². The fourth-order valence-electron chi connectivity index (χ4n) is 5.41. The van der Waals surface area contributed by atoms with E-state index in [1.54, 1.807) is 0 Å². The molecule has 2 aliphatic heterocycles. The Morgan fingerprint density at radius 2 is 1.57 bits per heavy atom. The molecule has 1 aromatic heterocycles. The molecule has 10 atom stereocenters. The molecule has 3 heterocycles. The number of esters is 1. The van der Waals surface area contributed by atoms with Gasteiger partial charge in [-0.15, -0.1) is 0 Å². The molecule has 0 amide bonds. The van der Waals surface area contributed by atoms with E-state index in [9.17, 15) is 50.4 Å². The van der Waals surface area contributed by atoms with Gasteiger partial charge in [0.05, 0.1) is 18.3 Å². The number of aromatic hydroxyl groups is 3. The number of rotatable bonds is 6. The first-order valence-corrected chi connectivity index (χ1v) is 13.6. The summed E-state index contributed by atoms with van der Waals surface area (Å²) in [5.41, 5.74) is -1.04. The number of phenols is 3. The summed E-state index contributed by atoms with van der Waals surface area (Å²) in [5, 5.41) is 84.0. The van der Waals surface area contributed by atoms with Gasteiger partial charge in [0.15, 0.2) is 17.8 Å². The Morgan fingerprint density at radius 1 is 0.909 bits per heavy atom. The minimum absolute atomic E-state index is 0.0208. The summed E-state index contributed by atoms with van der Waals surface area (Å²) in [5.74, 6) is -2.34. The number of carbonyl (C=O) groups is 1. The molecule has 238 valence electrons. The van der Waals surface area contributed by atoms with Crippen molar-refractivity contribution in [2.24, 2.45) is 0 Å². The number of hydrogen-bond acceptors (Lipinski definition) is 15. The lowest BCUT2D eigenvalue weighted by Gasteiger charge is -2.46. The molecule has 0 spiro atoms. The van der Waals surface area contributed by atoms with Crippen LogP contribution in [0, 0.1) is 0 Å². The minimum atomic E-state index is -1.89. The Morgan fingerprint density at radius 3 is 2.20 bits per heavy atom. The van der Waals surface area contributed by atoms with Gasteiger partial charge >= 0.3 is 5.97 Å². The van der Waals surface area contributed by atoms with Gasteiger partial charge in [-0.25, -0.2) is 0 Å². The van der Waals surface area contributed by atoms with Crippen molar-refractivity contribution >= 4 is 16.9 Å². The Bertz CT molecular complexity index is 1570. The molecule has 44 heavy (non-hydrogen) atoms. The molecular weight excluding hydrogens is 588 g/mol. The predicted molar refractivity (Wildman–Crippen MR) is 146 cm³/mol. The molecule has 2 saturated heterocycles. The van der Waals surface area contributed by atoms with Gasteiger partial charge in [0.2, 0.25) is 0 Å². The normalized spacial score (nSPS) is 32.4. The molecule has 0 bridgehead atoms. The first kappa shape index (κ1) is 31.6. The second kappa shape index (κ2) is 12.3. The smallest absolute Gasteiger partial charge is 0.303 e.